The fourth-order valence-corrected chi connectivity index (χ4v) is 4.82. The average Bonchev–Trinajstić information content (AvgIpc) is 3.31. The monoisotopic (exact) mass is 505 g/mol. The van der Waals surface area contributed by atoms with E-state index in [9.17, 15) is 9.90 Å². The Kier molecular flexibility index (Phi) is 6.85. The lowest BCUT2D eigenvalue weighted by Crippen LogP contribution is -2.55. The third-order valence-electron chi connectivity index (χ3n) is 6.81. The van der Waals surface area contributed by atoms with Gasteiger partial charge in [-0.3, -0.25) is 14.6 Å². The molecule has 8 heteroatoms. The highest BCUT2D eigenvalue weighted by Crippen LogP contribution is 2.38. The van der Waals surface area contributed by atoms with E-state index in [1.54, 1.807) is 0 Å². The van der Waals surface area contributed by atoms with Crippen LogP contribution in [-0.4, -0.2) is 46.5 Å². The number of carboxylic acid groups (broad SMARTS) is 1. The molecular weight excluding hydrogens is 478 g/mol. The Labute approximate surface area is 215 Å². The standard InChI is InChI=1S/C28H28ClN3O4/c1-18-12-13-22(14-19(18)2)36-27(23-10-6-7-11-24(23)29)32-17-35-30-26(32)25(20-8-4-3-5-9-20)31-15-21(16-31)28(33)34/h3-14,21,25,27H,15-17H2,1-2H3,(H,33,34). The maximum atomic E-state index is 11.5. The summed E-state index contributed by atoms with van der Waals surface area (Å²) in [5.74, 6) is 0.171. The Bertz CT molecular complexity index is 1280. The van der Waals surface area contributed by atoms with Crippen molar-refractivity contribution in [3.63, 3.8) is 0 Å². The molecule has 2 aliphatic heterocycles. The molecule has 0 aliphatic carbocycles. The molecule has 36 heavy (non-hydrogen) atoms. The molecule has 5 rings (SSSR count). The number of oxime groups is 1. The maximum Gasteiger partial charge on any atom is 0.309 e. The van der Waals surface area contributed by atoms with Crippen LogP contribution < -0.4 is 4.74 Å². The van der Waals surface area contributed by atoms with Gasteiger partial charge in [-0.05, 0) is 48.7 Å². The van der Waals surface area contributed by atoms with Crippen molar-refractivity contribution in [1.29, 1.82) is 0 Å². The lowest BCUT2D eigenvalue weighted by molar-refractivity contribution is -0.148. The molecule has 0 spiro atoms. The van der Waals surface area contributed by atoms with Crippen LogP contribution in [0.4, 0.5) is 0 Å². The van der Waals surface area contributed by atoms with E-state index in [0.29, 0.717) is 29.7 Å². The molecule has 0 aromatic heterocycles. The Morgan fingerprint density at radius 2 is 1.78 bits per heavy atom. The summed E-state index contributed by atoms with van der Waals surface area (Å²) in [7, 11) is 0. The van der Waals surface area contributed by atoms with Gasteiger partial charge in [0.05, 0.1) is 12.0 Å². The van der Waals surface area contributed by atoms with Crippen LogP contribution in [-0.2, 0) is 9.63 Å². The molecule has 0 saturated carbocycles. The summed E-state index contributed by atoms with van der Waals surface area (Å²) in [4.78, 5) is 21.2. The van der Waals surface area contributed by atoms with Gasteiger partial charge in [0.25, 0.3) is 0 Å². The lowest BCUT2D eigenvalue weighted by Gasteiger charge is -2.44. The first-order valence-corrected chi connectivity index (χ1v) is 12.3. The summed E-state index contributed by atoms with van der Waals surface area (Å²) >= 11 is 6.66. The quantitative estimate of drug-likeness (QED) is 0.442. The molecule has 2 aliphatic rings. The number of carbonyl (C=O) groups is 1. The number of rotatable bonds is 8. The van der Waals surface area contributed by atoms with Gasteiger partial charge in [0.15, 0.2) is 12.6 Å². The molecule has 2 atom stereocenters. The van der Waals surface area contributed by atoms with Gasteiger partial charge in [-0.1, -0.05) is 71.4 Å². The van der Waals surface area contributed by atoms with Gasteiger partial charge in [-0.15, -0.1) is 0 Å². The van der Waals surface area contributed by atoms with Crippen LogP contribution in [0.2, 0.25) is 5.02 Å². The smallest absolute Gasteiger partial charge is 0.309 e. The van der Waals surface area contributed by atoms with Crippen molar-refractivity contribution < 1.29 is 19.5 Å². The van der Waals surface area contributed by atoms with E-state index >= 15 is 0 Å². The van der Waals surface area contributed by atoms with Crippen molar-refractivity contribution in [2.75, 3.05) is 19.8 Å². The molecule has 7 nitrogen and oxygen atoms in total. The normalized spacial score (nSPS) is 17.6. The molecule has 3 aromatic carbocycles. The third-order valence-corrected chi connectivity index (χ3v) is 7.16. The minimum absolute atomic E-state index is 0.176. The fourth-order valence-electron chi connectivity index (χ4n) is 4.60. The van der Waals surface area contributed by atoms with Crippen LogP contribution in [0.15, 0.2) is 78.0 Å². The first kappa shape index (κ1) is 24.2. The molecule has 0 amide bonds. The number of ether oxygens (including phenoxy) is 1. The number of nitrogens with zero attached hydrogens (tertiary/aromatic N) is 3. The summed E-state index contributed by atoms with van der Waals surface area (Å²) in [6.07, 6.45) is -0.607. The van der Waals surface area contributed by atoms with Crippen molar-refractivity contribution in [1.82, 2.24) is 9.80 Å². The number of hydrogen-bond acceptors (Lipinski definition) is 6. The first-order valence-electron chi connectivity index (χ1n) is 11.9. The number of aryl methyl sites for hydroxylation is 2. The second kappa shape index (κ2) is 10.2. The van der Waals surface area contributed by atoms with Crippen LogP contribution in [0.25, 0.3) is 0 Å². The number of hydrogen-bond donors (Lipinski definition) is 1. The van der Waals surface area contributed by atoms with Gasteiger partial charge >= 0.3 is 5.97 Å². The average molecular weight is 506 g/mol. The molecule has 186 valence electrons. The molecule has 3 aromatic rings. The molecule has 2 unspecified atom stereocenters. The number of aliphatic carboxylic acids is 1. The SMILES string of the molecule is Cc1ccc(OC(c2ccccc2Cl)N2CON=C2C(c2ccccc2)N2CC(C(=O)O)C2)cc1C. The largest absolute Gasteiger partial charge is 0.481 e. The van der Waals surface area contributed by atoms with Crippen molar-refractivity contribution in [2.45, 2.75) is 26.1 Å². The highest BCUT2D eigenvalue weighted by Gasteiger charge is 2.44. The zero-order chi connectivity index (χ0) is 25.2. The van der Waals surface area contributed by atoms with Crippen LogP contribution in [0.3, 0.4) is 0 Å². The molecule has 2 heterocycles. The van der Waals surface area contributed by atoms with Crippen molar-refractivity contribution in [3.05, 3.63) is 100 Å². The number of amidine groups is 1. The van der Waals surface area contributed by atoms with E-state index in [4.69, 9.17) is 21.2 Å². The number of halogens is 1. The highest BCUT2D eigenvalue weighted by molar-refractivity contribution is 6.31. The topological polar surface area (TPSA) is 74.6 Å². The predicted molar refractivity (Wildman–Crippen MR) is 138 cm³/mol. The summed E-state index contributed by atoms with van der Waals surface area (Å²) in [6.45, 7) is 5.14. The highest BCUT2D eigenvalue weighted by atomic mass is 35.5. The van der Waals surface area contributed by atoms with Crippen molar-refractivity contribution in [3.8, 4) is 5.75 Å². The van der Waals surface area contributed by atoms with Crippen LogP contribution in [0.5, 0.6) is 5.75 Å². The second-order valence-corrected chi connectivity index (χ2v) is 9.62. The number of benzene rings is 3. The Hall–Kier alpha value is -3.55. The Morgan fingerprint density at radius 1 is 1.06 bits per heavy atom. The van der Waals surface area contributed by atoms with Gasteiger partial charge < -0.3 is 14.7 Å². The van der Waals surface area contributed by atoms with Gasteiger partial charge in [0.2, 0.25) is 6.23 Å². The van der Waals surface area contributed by atoms with E-state index < -0.39 is 18.1 Å². The number of carboxylic acids is 1. The van der Waals surface area contributed by atoms with Gasteiger partial charge in [-0.2, -0.15) is 0 Å². The summed E-state index contributed by atoms with van der Waals surface area (Å²) in [6, 6.07) is 23.2. The van der Waals surface area contributed by atoms with Crippen molar-refractivity contribution in [2.24, 2.45) is 11.1 Å². The van der Waals surface area contributed by atoms with Gasteiger partial charge in [-0.25, -0.2) is 0 Å². The number of likely N-dealkylation sites (tertiary alicyclic amines) is 1. The van der Waals surface area contributed by atoms with E-state index in [1.807, 2.05) is 84.6 Å². The van der Waals surface area contributed by atoms with Crippen molar-refractivity contribution >= 4 is 23.4 Å². The minimum Gasteiger partial charge on any atom is -0.481 e. The van der Waals surface area contributed by atoms with E-state index in [1.165, 1.54) is 5.56 Å². The van der Waals surface area contributed by atoms with Gasteiger partial charge in [0, 0.05) is 23.7 Å². The van der Waals surface area contributed by atoms with E-state index in [0.717, 1.165) is 16.7 Å². The van der Waals surface area contributed by atoms with Crippen LogP contribution in [0, 0.1) is 19.8 Å². The molecule has 0 bridgehead atoms. The fraction of sp³-hybridized carbons (Fsp3) is 0.286. The second-order valence-electron chi connectivity index (χ2n) is 9.22. The summed E-state index contributed by atoms with van der Waals surface area (Å²) in [5, 5.41) is 14.5. The maximum absolute atomic E-state index is 11.5. The van der Waals surface area contributed by atoms with Crippen LogP contribution >= 0.6 is 11.6 Å². The summed E-state index contributed by atoms with van der Waals surface area (Å²) < 4.78 is 6.58. The van der Waals surface area contributed by atoms with E-state index in [2.05, 4.69) is 17.0 Å². The third kappa shape index (κ3) is 4.76. The lowest BCUT2D eigenvalue weighted by atomic mass is 9.93. The summed E-state index contributed by atoms with van der Waals surface area (Å²) in [5.41, 5.74) is 4.09. The Balaban J connectivity index is 1.53. The predicted octanol–water partition coefficient (Wildman–Crippen LogP) is 5.40. The Morgan fingerprint density at radius 3 is 2.47 bits per heavy atom. The first-order chi connectivity index (χ1) is 17.4. The van der Waals surface area contributed by atoms with Crippen LogP contribution in [0.1, 0.15) is 34.5 Å². The molecule has 1 fully saturated rings. The van der Waals surface area contributed by atoms with E-state index in [-0.39, 0.29) is 12.8 Å². The minimum atomic E-state index is -0.786. The zero-order valence-electron chi connectivity index (χ0n) is 20.2. The van der Waals surface area contributed by atoms with Gasteiger partial charge in [0.1, 0.15) is 5.75 Å². The molecular formula is C28H28ClN3O4. The molecule has 0 radical (unpaired) electrons. The molecule has 1 saturated heterocycles. The zero-order valence-corrected chi connectivity index (χ0v) is 20.9. The molecule has 1 N–H and O–H groups in total.